The van der Waals surface area contributed by atoms with E-state index in [0.29, 0.717) is 0 Å². The van der Waals surface area contributed by atoms with E-state index < -0.39 is 0 Å². The third-order valence-electron chi connectivity index (χ3n) is 5.33. The Morgan fingerprint density at radius 2 is 1.74 bits per heavy atom. The quantitative estimate of drug-likeness (QED) is 0.711. The van der Waals surface area contributed by atoms with Gasteiger partial charge in [0.15, 0.2) is 0 Å². The van der Waals surface area contributed by atoms with Gasteiger partial charge in [0.2, 0.25) is 0 Å². The highest BCUT2D eigenvalue weighted by atomic mass is 16.5. The molecule has 0 fully saturated rings. The molecule has 3 aromatic rings. The first-order chi connectivity index (χ1) is 13.3. The van der Waals surface area contributed by atoms with E-state index in [0.717, 1.165) is 37.2 Å². The van der Waals surface area contributed by atoms with Gasteiger partial charge >= 0.3 is 0 Å². The maximum atomic E-state index is 5.28. The van der Waals surface area contributed by atoms with Crippen LogP contribution in [0, 0.1) is 0 Å². The van der Waals surface area contributed by atoms with Crippen molar-refractivity contribution in [3.8, 4) is 11.4 Å². The molecule has 1 aliphatic heterocycles. The molecule has 4 heteroatoms. The summed E-state index contributed by atoms with van der Waals surface area (Å²) in [5.74, 6) is 2.06. The fourth-order valence-electron chi connectivity index (χ4n) is 3.71. The second-order valence-corrected chi connectivity index (χ2v) is 7.11. The Morgan fingerprint density at radius 3 is 2.44 bits per heavy atom. The van der Waals surface area contributed by atoms with Crippen LogP contribution in [0.3, 0.4) is 0 Å². The Morgan fingerprint density at radius 1 is 1.00 bits per heavy atom. The van der Waals surface area contributed by atoms with Gasteiger partial charge in [-0.15, -0.1) is 0 Å². The summed E-state index contributed by atoms with van der Waals surface area (Å²) in [6, 6.07) is 17.0. The van der Waals surface area contributed by atoms with Crippen LogP contribution in [0.2, 0.25) is 0 Å². The van der Waals surface area contributed by atoms with E-state index in [2.05, 4.69) is 53.3 Å². The van der Waals surface area contributed by atoms with Gasteiger partial charge in [0, 0.05) is 18.5 Å². The van der Waals surface area contributed by atoms with E-state index in [-0.39, 0.29) is 0 Å². The van der Waals surface area contributed by atoms with Crippen molar-refractivity contribution in [3.05, 3.63) is 70.9 Å². The molecule has 1 aliphatic rings. The average Bonchev–Trinajstić information content (AvgIpc) is 2.89. The van der Waals surface area contributed by atoms with Crippen LogP contribution in [-0.4, -0.2) is 23.4 Å². The summed E-state index contributed by atoms with van der Waals surface area (Å²) >= 11 is 0. The molecule has 0 bridgehead atoms. The predicted molar refractivity (Wildman–Crippen MR) is 110 cm³/mol. The molecule has 0 saturated carbocycles. The van der Waals surface area contributed by atoms with Crippen molar-refractivity contribution in [1.29, 1.82) is 0 Å². The van der Waals surface area contributed by atoms with Gasteiger partial charge in [0.25, 0.3) is 0 Å². The van der Waals surface area contributed by atoms with Gasteiger partial charge in [-0.3, -0.25) is 0 Å². The van der Waals surface area contributed by atoms with Crippen molar-refractivity contribution < 1.29 is 4.74 Å². The summed E-state index contributed by atoms with van der Waals surface area (Å²) in [6.07, 6.45) is 5.38. The third-order valence-corrected chi connectivity index (χ3v) is 5.33. The number of anilines is 1. The highest BCUT2D eigenvalue weighted by Crippen LogP contribution is 2.29. The van der Waals surface area contributed by atoms with E-state index in [1.54, 1.807) is 7.11 Å². The lowest BCUT2D eigenvalue weighted by Gasteiger charge is -2.09. The van der Waals surface area contributed by atoms with Crippen molar-refractivity contribution in [1.82, 2.24) is 9.78 Å². The van der Waals surface area contributed by atoms with Crippen LogP contribution in [0.15, 0.2) is 48.5 Å². The van der Waals surface area contributed by atoms with Crippen LogP contribution >= 0.6 is 0 Å². The van der Waals surface area contributed by atoms with Gasteiger partial charge in [0.1, 0.15) is 11.6 Å². The number of nitrogens with one attached hydrogen (secondary N) is 1. The lowest BCUT2D eigenvalue weighted by Crippen LogP contribution is -2.07. The van der Waals surface area contributed by atoms with E-state index in [1.807, 2.05) is 12.1 Å². The molecule has 0 amide bonds. The SMILES string of the molecule is CCc1ccc(-n2nc(Cc3ccc(OC)cc3)c3c2NCCCC3)cc1. The van der Waals surface area contributed by atoms with E-state index in [1.165, 1.54) is 41.0 Å². The molecule has 1 N–H and O–H groups in total. The molecule has 0 atom stereocenters. The van der Waals surface area contributed by atoms with Gasteiger partial charge < -0.3 is 10.1 Å². The molecule has 2 aromatic carbocycles. The van der Waals surface area contributed by atoms with Gasteiger partial charge in [0.05, 0.1) is 18.5 Å². The molecular formula is C23H27N3O. The monoisotopic (exact) mass is 361 g/mol. The first-order valence-corrected chi connectivity index (χ1v) is 9.85. The maximum absolute atomic E-state index is 5.28. The zero-order valence-corrected chi connectivity index (χ0v) is 16.2. The first-order valence-electron chi connectivity index (χ1n) is 9.85. The Labute approximate surface area is 161 Å². The fraction of sp³-hybridized carbons (Fsp3) is 0.348. The van der Waals surface area contributed by atoms with Crippen LogP contribution < -0.4 is 10.1 Å². The summed E-state index contributed by atoms with van der Waals surface area (Å²) in [5, 5.41) is 8.65. The van der Waals surface area contributed by atoms with Gasteiger partial charge in [-0.2, -0.15) is 5.10 Å². The fourth-order valence-corrected chi connectivity index (χ4v) is 3.71. The molecular weight excluding hydrogens is 334 g/mol. The number of rotatable bonds is 5. The molecule has 4 nitrogen and oxygen atoms in total. The molecule has 0 radical (unpaired) electrons. The minimum atomic E-state index is 0.841. The van der Waals surface area contributed by atoms with Crippen molar-refractivity contribution in [2.24, 2.45) is 0 Å². The molecule has 1 aromatic heterocycles. The lowest BCUT2D eigenvalue weighted by atomic mass is 10.0. The van der Waals surface area contributed by atoms with Crippen LogP contribution in [0.25, 0.3) is 5.69 Å². The van der Waals surface area contributed by atoms with Crippen molar-refractivity contribution in [3.63, 3.8) is 0 Å². The van der Waals surface area contributed by atoms with Gasteiger partial charge in [-0.05, 0) is 61.1 Å². The highest BCUT2D eigenvalue weighted by Gasteiger charge is 2.20. The molecule has 0 aliphatic carbocycles. The Bertz CT molecular complexity index is 895. The molecule has 4 rings (SSSR count). The van der Waals surface area contributed by atoms with Crippen LogP contribution in [0.5, 0.6) is 5.75 Å². The smallest absolute Gasteiger partial charge is 0.133 e. The number of aromatic nitrogens is 2. The van der Waals surface area contributed by atoms with E-state index in [9.17, 15) is 0 Å². The summed E-state index contributed by atoms with van der Waals surface area (Å²) in [4.78, 5) is 0. The first kappa shape index (κ1) is 17.7. The number of benzene rings is 2. The number of methoxy groups -OCH3 is 1. The highest BCUT2D eigenvalue weighted by molar-refractivity contribution is 5.55. The second kappa shape index (κ2) is 7.87. The summed E-state index contributed by atoms with van der Waals surface area (Å²) in [7, 11) is 1.70. The molecule has 0 spiro atoms. The number of hydrogen-bond acceptors (Lipinski definition) is 3. The van der Waals surface area contributed by atoms with Crippen molar-refractivity contribution in [2.45, 2.75) is 39.0 Å². The number of nitrogens with zero attached hydrogens (tertiary/aromatic N) is 2. The van der Waals surface area contributed by atoms with Gasteiger partial charge in [-0.1, -0.05) is 31.2 Å². The molecule has 2 heterocycles. The number of aryl methyl sites for hydroxylation is 1. The number of hydrogen-bond donors (Lipinski definition) is 1. The van der Waals surface area contributed by atoms with Crippen molar-refractivity contribution >= 4 is 5.82 Å². The zero-order chi connectivity index (χ0) is 18.6. The maximum Gasteiger partial charge on any atom is 0.133 e. The Hall–Kier alpha value is -2.75. The zero-order valence-electron chi connectivity index (χ0n) is 16.2. The lowest BCUT2D eigenvalue weighted by molar-refractivity contribution is 0.414. The van der Waals surface area contributed by atoms with E-state index >= 15 is 0 Å². The molecule has 27 heavy (non-hydrogen) atoms. The van der Waals surface area contributed by atoms with Gasteiger partial charge in [-0.25, -0.2) is 4.68 Å². The number of fused-ring (bicyclic) bond motifs is 1. The minimum absolute atomic E-state index is 0.841. The Balaban J connectivity index is 1.71. The molecule has 0 unspecified atom stereocenters. The van der Waals surface area contributed by atoms with Crippen LogP contribution in [0.4, 0.5) is 5.82 Å². The van der Waals surface area contributed by atoms with Crippen LogP contribution in [0.1, 0.15) is 42.1 Å². The molecule has 140 valence electrons. The summed E-state index contributed by atoms with van der Waals surface area (Å²) < 4.78 is 7.37. The molecule has 0 saturated heterocycles. The van der Waals surface area contributed by atoms with Crippen molar-refractivity contribution in [2.75, 3.05) is 19.0 Å². The van der Waals surface area contributed by atoms with E-state index in [4.69, 9.17) is 9.84 Å². The number of ether oxygens (including phenoxy) is 1. The Kier molecular flexibility index (Phi) is 5.14. The normalized spacial score (nSPS) is 13.6. The van der Waals surface area contributed by atoms with Crippen LogP contribution in [-0.2, 0) is 19.3 Å². The topological polar surface area (TPSA) is 39.1 Å². The largest absolute Gasteiger partial charge is 0.497 e. The third kappa shape index (κ3) is 3.70. The standard InChI is InChI=1S/C23H27N3O/c1-3-17-7-11-19(12-8-17)26-23-21(6-4-5-15-24-23)22(25-26)16-18-9-13-20(27-2)14-10-18/h7-14,24H,3-6,15-16H2,1-2H3. The minimum Gasteiger partial charge on any atom is -0.497 e. The summed E-state index contributed by atoms with van der Waals surface area (Å²) in [5.41, 5.74) is 6.27. The second-order valence-electron chi connectivity index (χ2n) is 7.11. The predicted octanol–water partition coefficient (Wildman–Crippen LogP) is 4.78. The average molecular weight is 361 g/mol. The summed E-state index contributed by atoms with van der Waals surface area (Å²) in [6.45, 7) is 3.19.